The molecule has 0 fully saturated rings. The number of esters is 1. The number of alkyl halides is 3. The molecule has 0 aliphatic rings. The molecule has 1 aromatic heterocycles. The Balaban J connectivity index is 1.61. The van der Waals surface area contributed by atoms with Crippen molar-refractivity contribution in [2.75, 3.05) is 11.9 Å². The van der Waals surface area contributed by atoms with Crippen LogP contribution in [0.1, 0.15) is 15.9 Å². The van der Waals surface area contributed by atoms with E-state index in [1.807, 2.05) is 12.1 Å². The Morgan fingerprint density at radius 2 is 1.74 bits per heavy atom. The lowest BCUT2D eigenvalue weighted by Gasteiger charge is -2.09. The van der Waals surface area contributed by atoms with Crippen molar-refractivity contribution in [3.05, 3.63) is 65.9 Å². The molecule has 0 saturated heterocycles. The maximum Gasteiger partial charge on any atom is 0.416 e. The summed E-state index contributed by atoms with van der Waals surface area (Å²) in [5, 5.41) is 3.08. The van der Waals surface area contributed by atoms with Gasteiger partial charge in [0.15, 0.2) is 6.61 Å². The van der Waals surface area contributed by atoms with Crippen LogP contribution in [0.25, 0.3) is 10.9 Å². The SMILES string of the molecule is Cn1cc(C(=O)OCC(=O)Nc2ccc(C(F)(F)F)cc2)c2ccccc21. The van der Waals surface area contributed by atoms with Crippen LogP contribution in [0, 0.1) is 0 Å². The first kappa shape index (κ1) is 18.5. The maximum atomic E-state index is 12.5. The van der Waals surface area contributed by atoms with Gasteiger partial charge in [0.05, 0.1) is 11.1 Å². The Labute approximate surface area is 152 Å². The van der Waals surface area contributed by atoms with Gasteiger partial charge >= 0.3 is 12.1 Å². The van der Waals surface area contributed by atoms with E-state index in [1.54, 1.807) is 29.9 Å². The van der Waals surface area contributed by atoms with Crippen LogP contribution >= 0.6 is 0 Å². The Hall–Kier alpha value is -3.29. The number of aromatic nitrogens is 1. The molecule has 3 rings (SSSR count). The maximum absolute atomic E-state index is 12.5. The van der Waals surface area contributed by atoms with E-state index in [0.29, 0.717) is 10.9 Å². The number of halogens is 3. The summed E-state index contributed by atoms with van der Waals surface area (Å²) in [5.41, 5.74) is 0.533. The average Bonchev–Trinajstić information content (AvgIpc) is 2.97. The number of hydrogen-bond donors (Lipinski definition) is 1. The van der Waals surface area contributed by atoms with E-state index >= 15 is 0 Å². The van der Waals surface area contributed by atoms with Crippen LogP contribution in [0.3, 0.4) is 0 Å². The molecule has 0 atom stereocenters. The molecule has 140 valence electrons. The van der Waals surface area contributed by atoms with Gasteiger partial charge in [0.2, 0.25) is 0 Å². The molecule has 1 amide bonds. The predicted octanol–water partition coefficient (Wildman–Crippen LogP) is 3.99. The molecule has 0 aliphatic heterocycles. The summed E-state index contributed by atoms with van der Waals surface area (Å²) in [6.45, 7) is -0.553. The smallest absolute Gasteiger partial charge is 0.416 e. The number of amides is 1. The molecule has 2 aromatic carbocycles. The first-order chi connectivity index (χ1) is 12.8. The zero-order valence-electron chi connectivity index (χ0n) is 14.2. The van der Waals surface area contributed by atoms with Crippen molar-refractivity contribution >= 4 is 28.5 Å². The van der Waals surface area contributed by atoms with Crippen LogP contribution in [0.15, 0.2) is 54.7 Å². The number of rotatable bonds is 4. The predicted molar refractivity (Wildman–Crippen MR) is 93.3 cm³/mol. The zero-order chi connectivity index (χ0) is 19.6. The van der Waals surface area contributed by atoms with Crippen LogP contribution in [-0.4, -0.2) is 23.1 Å². The van der Waals surface area contributed by atoms with Crippen LogP contribution < -0.4 is 5.32 Å². The van der Waals surface area contributed by atoms with Gasteiger partial charge in [-0.1, -0.05) is 18.2 Å². The van der Waals surface area contributed by atoms with E-state index in [-0.39, 0.29) is 5.69 Å². The Morgan fingerprint density at radius 3 is 2.41 bits per heavy atom. The van der Waals surface area contributed by atoms with E-state index in [9.17, 15) is 22.8 Å². The Morgan fingerprint density at radius 1 is 1.07 bits per heavy atom. The van der Waals surface area contributed by atoms with Crippen molar-refractivity contribution < 1.29 is 27.5 Å². The van der Waals surface area contributed by atoms with Gasteiger partial charge in [-0.05, 0) is 30.3 Å². The summed E-state index contributed by atoms with van der Waals surface area (Å²) in [6.07, 6.45) is -2.84. The van der Waals surface area contributed by atoms with Crippen LogP contribution in [0.2, 0.25) is 0 Å². The molecule has 3 aromatic rings. The molecular weight excluding hydrogens is 361 g/mol. The fraction of sp³-hybridized carbons (Fsp3) is 0.158. The molecule has 0 aliphatic carbocycles. The normalized spacial score (nSPS) is 11.4. The highest BCUT2D eigenvalue weighted by molar-refractivity contribution is 6.05. The summed E-state index contributed by atoms with van der Waals surface area (Å²) in [5.74, 6) is -1.31. The molecule has 1 N–H and O–H groups in total. The summed E-state index contributed by atoms with van der Waals surface area (Å²) >= 11 is 0. The third-order valence-corrected chi connectivity index (χ3v) is 3.95. The van der Waals surface area contributed by atoms with Gasteiger partial charge in [-0.2, -0.15) is 13.2 Å². The van der Waals surface area contributed by atoms with Crippen molar-refractivity contribution in [2.45, 2.75) is 6.18 Å². The van der Waals surface area contributed by atoms with Crippen LogP contribution in [0.4, 0.5) is 18.9 Å². The number of ether oxygens (including phenoxy) is 1. The number of benzene rings is 2. The lowest BCUT2D eigenvalue weighted by atomic mass is 10.2. The monoisotopic (exact) mass is 376 g/mol. The lowest BCUT2D eigenvalue weighted by Crippen LogP contribution is -2.21. The molecule has 27 heavy (non-hydrogen) atoms. The second-order valence-electron chi connectivity index (χ2n) is 5.87. The number of fused-ring (bicyclic) bond motifs is 1. The van der Waals surface area contributed by atoms with Gasteiger partial charge in [-0.3, -0.25) is 4.79 Å². The minimum absolute atomic E-state index is 0.175. The number of carbonyl (C=O) groups excluding carboxylic acids is 2. The van der Waals surface area contributed by atoms with E-state index in [2.05, 4.69) is 5.32 Å². The fourth-order valence-corrected chi connectivity index (χ4v) is 2.65. The van der Waals surface area contributed by atoms with Gasteiger partial charge in [0.1, 0.15) is 0 Å². The van der Waals surface area contributed by atoms with Crippen molar-refractivity contribution in [2.24, 2.45) is 7.05 Å². The highest BCUT2D eigenvalue weighted by Gasteiger charge is 2.30. The standard InChI is InChI=1S/C19H15F3N2O3/c1-24-10-15(14-4-2-3-5-16(14)24)18(26)27-11-17(25)23-13-8-6-12(7-9-13)19(20,21)22/h2-10H,11H2,1H3,(H,23,25). The number of aryl methyl sites for hydroxylation is 1. The first-order valence-electron chi connectivity index (χ1n) is 7.94. The molecule has 0 spiro atoms. The fourth-order valence-electron chi connectivity index (χ4n) is 2.65. The number of para-hydroxylation sites is 1. The molecule has 1 heterocycles. The molecule has 0 saturated carbocycles. The van der Waals surface area contributed by atoms with E-state index in [4.69, 9.17) is 4.74 Å². The van der Waals surface area contributed by atoms with Gasteiger partial charge < -0.3 is 14.6 Å². The Kier molecular flexibility index (Phi) is 4.89. The van der Waals surface area contributed by atoms with Gasteiger partial charge in [-0.15, -0.1) is 0 Å². The minimum Gasteiger partial charge on any atom is -0.452 e. The van der Waals surface area contributed by atoms with Crippen LogP contribution in [0.5, 0.6) is 0 Å². The number of hydrogen-bond acceptors (Lipinski definition) is 3. The van der Waals surface area contributed by atoms with Gasteiger partial charge in [-0.25, -0.2) is 4.79 Å². The Bertz CT molecular complexity index is 992. The van der Waals surface area contributed by atoms with E-state index < -0.39 is 30.2 Å². The van der Waals surface area contributed by atoms with Gasteiger partial charge in [0.25, 0.3) is 5.91 Å². The molecule has 0 radical (unpaired) electrons. The second kappa shape index (κ2) is 7.14. The number of nitrogens with zero attached hydrogens (tertiary/aromatic N) is 1. The molecule has 0 bridgehead atoms. The minimum atomic E-state index is -4.45. The van der Waals surface area contributed by atoms with Crippen LogP contribution in [-0.2, 0) is 22.8 Å². The molecule has 0 unspecified atom stereocenters. The number of nitrogens with one attached hydrogen (secondary N) is 1. The second-order valence-corrected chi connectivity index (χ2v) is 5.87. The van der Waals surface area contributed by atoms with Crippen molar-refractivity contribution in [3.63, 3.8) is 0 Å². The third kappa shape index (κ3) is 4.11. The summed E-state index contributed by atoms with van der Waals surface area (Å²) < 4.78 is 44.3. The summed E-state index contributed by atoms with van der Waals surface area (Å²) in [7, 11) is 1.79. The number of anilines is 1. The highest BCUT2D eigenvalue weighted by atomic mass is 19.4. The first-order valence-corrected chi connectivity index (χ1v) is 7.94. The van der Waals surface area contributed by atoms with Gasteiger partial charge in [0, 0.05) is 29.8 Å². The van der Waals surface area contributed by atoms with Crippen molar-refractivity contribution in [1.82, 2.24) is 4.57 Å². The summed E-state index contributed by atoms with van der Waals surface area (Å²) in [4.78, 5) is 24.1. The molecule has 5 nitrogen and oxygen atoms in total. The number of carbonyl (C=O) groups is 2. The molecular formula is C19H15F3N2O3. The quantitative estimate of drug-likeness (QED) is 0.701. The van der Waals surface area contributed by atoms with Crippen molar-refractivity contribution in [1.29, 1.82) is 0 Å². The van der Waals surface area contributed by atoms with Crippen molar-refractivity contribution in [3.8, 4) is 0 Å². The average molecular weight is 376 g/mol. The van der Waals surface area contributed by atoms with E-state index in [0.717, 1.165) is 29.8 Å². The topological polar surface area (TPSA) is 60.3 Å². The summed E-state index contributed by atoms with van der Waals surface area (Å²) in [6, 6.07) is 11.2. The lowest BCUT2D eigenvalue weighted by molar-refractivity contribution is -0.137. The zero-order valence-corrected chi connectivity index (χ0v) is 14.2. The largest absolute Gasteiger partial charge is 0.452 e. The van der Waals surface area contributed by atoms with E-state index in [1.165, 1.54) is 0 Å². The molecule has 8 heteroatoms. The highest BCUT2D eigenvalue weighted by Crippen LogP contribution is 2.29. The third-order valence-electron chi connectivity index (χ3n) is 3.95.